The molecule has 0 aromatic carbocycles. The van der Waals surface area contributed by atoms with Crippen molar-refractivity contribution in [2.24, 2.45) is 0 Å². The minimum atomic E-state index is -1.75. The maximum atomic E-state index is 12.4. The molecule has 0 aromatic heterocycles. The van der Waals surface area contributed by atoms with Crippen molar-refractivity contribution in [3.63, 3.8) is 0 Å². The lowest BCUT2D eigenvalue weighted by atomic mass is 9.96. The van der Waals surface area contributed by atoms with Gasteiger partial charge in [0.05, 0.1) is 0 Å². The summed E-state index contributed by atoms with van der Waals surface area (Å²) < 4.78 is 10.6. The van der Waals surface area contributed by atoms with Crippen LogP contribution in [0.25, 0.3) is 0 Å². The van der Waals surface area contributed by atoms with E-state index in [2.05, 4.69) is 0 Å². The fourth-order valence-corrected chi connectivity index (χ4v) is 2.03. The van der Waals surface area contributed by atoms with E-state index >= 15 is 0 Å². The highest BCUT2D eigenvalue weighted by atomic mass is 16.6. The Hall–Kier alpha value is -1.14. The van der Waals surface area contributed by atoms with Crippen LogP contribution in [0.3, 0.4) is 0 Å². The van der Waals surface area contributed by atoms with Gasteiger partial charge in [-0.15, -0.1) is 0 Å². The summed E-state index contributed by atoms with van der Waals surface area (Å²) in [5.41, 5.74) is -3.23. The van der Waals surface area contributed by atoms with Crippen LogP contribution in [0.1, 0.15) is 54.4 Å². The molecule has 0 spiro atoms. The number of hydroxylamine groups is 2. The number of esters is 2. The highest BCUT2D eigenvalue weighted by Crippen LogP contribution is 2.33. The van der Waals surface area contributed by atoms with Gasteiger partial charge in [-0.3, -0.25) is 0 Å². The predicted molar refractivity (Wildman–Crippen MR) is 72.1 cm³/mol. The highest BCUT2D eigenvalue weighted by molar-refractivity contribution is 6.05. The van der Waals surface area contributed by atoms with E-state index in [9.17, 15) is 14.8 Å². The molecule has 6 nitrogen and oxygen atoms in total. The van der Waals surface area contributed by atoms with Crippen molar-refractivity contribution in [2.45, 2.75) is 71.1 Å². The number of carbonyl (C=O) groups excluding carboxylic acids is 2. The second-order valence-corrected chi connectivity index (χ2v) is 7.09. The average molecular weight is 287 g/mol. The minimum Gasteiger partial charge on any atom is -0.458 e. The van der Waals surface area contributed by atoms with Crippen molar-refractivity contribution in [3.8, 4) is 0 Å². The van der Waals surface area contributed by atoms with E-state index in [-0.39, 0.29) is 13.0 Å². The smallest absolute Gasteiger partial charge is 0.341 e. The maximum absolute atomic E-state index is 12.4. The van der Waals surface area contributed by atoms with Gasteiger partial charge in [-0.25, -0.2) is 9.59 Å². The summed E-state index contributed by atoms with van der Waals surface area (Å²) >= 11 is 0. The van der Waals surface area contributed by atoms with Gasteiger partial charge < -0.3 is 14.7 Å². The van der Waals surface area contributed by atoms with Gasteiger partial charge >= 0.3 is 11.9 Å². The fourth-order valence-electron chi connectivity index (χ4n) is 2.03. The van der Waals surface area contributed by atoms with Gasteiger partial charge in [0, 0.05) is 6.54 Å². The lowest BCUT2D eigenvalue weighted by molar-refractivity contribution is -0.214. The van der Waals surface area contributed by atoms with Gasteiger partial charge in [0.15, 0.2) is 0 Å². The Kier molecular flexibility index (Phi) is 4.51. The van der Waals surface area contributed by atoms with Crippen molar-refractivity contribution in [1.82, 2.24) is 5.06 Å². The van der Waals surface area contributed by atoms with Crippen molar-refractivity contribution < 1.29 is 24.3 Å². The van der Waals surface area contributed by atoms with Crippen LogP contribution in [-0.2, 0) is 19.1 Å². The van der Waals surface area contributed by atoms with Crippen LogP contribution in [0.5, 0.6) is 0 Å². The van der Waals surface area contributed by atoms with Crippen LogP contribution in [0.2, 0.25) is 0 Å². The third kappa shape index (κ3) is 3.70. The SMILES string of the molecule is CC(C)(C)OC(=O)C1(C(=O)OC(C)(C)C)CCCN1O. The second-order valence-electron chi connectivity index (χ2n) is 7.09. The molecule has 20 heavy (non-hydrogen) atoms. The van der Waals surface area contributed by atoms with Crippen molar-refractivity contribution in [2.75, 3.05) is 6.54 Å². The summed E-state index contributed by atoms with van der Waals surface area (Å²) in [6.07, 6.45) is 0.711. The number of nitrogens with zero attached hydrogens (tertiary/aromatic N) is 1. The van der Waals surface area contributed by atoms with E-state index in [0.29, 0.717) is 6.42 Å². The molecule has 6 heteroatoms. The molecule has 0 aromatic rings. The molecule has 0 amide bonds. The van der Waals surface area contributed by atoms with E-state index in [1.165, 1.54) is 0 Å². The fraction of sp³-hybridized carbons (Fsp3) is 0.857. The quantitative estimate of drug-likeness (QED) is 0.617. The predicted octanol–water partition coefficient (Wildman–Crippen LogP) is 1.89. The molecule has 1 heterocycles. The monoisotopic (exact) mass is 287 g/mol. The standard InChI is InChI=1S/C14H25NO5/c1-12(2,3)19-10(16)14(8-7-9-15(14)18)11(17)20-13(4,5)6/h18H,7-9H2,1-6H3. The number of ether oxygens (including phenoxy) is 2. The van der Waals surface area contributed by atoms with Crippen LogP contribution >= 0.6 is 0 Å². The van der Waals surface area contributed by atoms with Crippen LogP contribution in [-0.4, -0.2) is 45.5 Å². The first-order valence-electron chi connectivity index (χ1n) is 6.82. The summed E-state index contributed by atoms with van der Waals surface area (Å²) in [7, 11) is 0. The molecule has 1 saturated heterocycles. The summed E-state index contributed by atoms with van der Waals surface area (Å²) in [6, 6.07) is 0. The molecule has 0 unspecified atom stereocenters. The van der Waals surface area contributed by atoms with Gasteiger partial charge in [-0.05, 0) is 54.4 Å². The number of carbonyl (C=O) groups is 2. The summed E-state index contributed by atoms with van der Waals surface area (Å²) in [5, 5.41) is 10.8. The molecule has 1 aliphatic rings. The van der Waals surface area contributed by atoms with E-state index in [0.717, 1.165) is 5.06 Å². The molecule has 0 bridgehead atoms. The molecule has 116 valence electrons. The molecule has 0 aliphatic carbocycles. The van der Waals surface area contributed by atoms with Gasteiger partial charge in [0.2, 0.25) is 5.54 Å². The third-order valence-corrected chi connectivity index (χ3v) is 2.82. The lowest BCUT2D eigenvalue weighted by Crippen LogP contribution is -2.59. The Morgan fingerprint density at radius 3 is 1.65 bits per heavy atom. The number of rotatable bonds is 2. The Morgan fingerprint density at radius 2 is 1.40 bits per heavy atom. The summed E-state index contributed by atoms with van der Waals surface area (Å²) in [4.78, 5) is 24.8. The zero-order valence-corrected chi connectivity index (χ0v) is 13.1. The zero-order valence-electron chi connectivity index (χ0n) is 13.1. The normalized spacial score (nSPS) is 19.8. The Balaban J connectivity index is 3.05. The van der Waals surface area contributed by atoms with E-state index < -0.39 is 28.7 Å². The topological polar surface area (TPSA) is 76.1 Å². The van der Waals surface area contributed by atoms with Crippen LogP contribution in [0.15, 0.2) is 0 Å². The minimum absolute atomic E-state index is 0.188. The van der Waals surface area contributed by atoms with Gasteiger partial charge in [-0.1, -0.05) is 0 Å². The van der Waals surface area contributed by atoms with Crippen LogP contribution in [0, 0.1) is 0 Å². The van der Waals surface area contributed by atoms with Crippen LogP contribution in [0.4, 0.5) is 0 Å². The molecule has 1 N–H and O–H groups in total. The first-order chi connectivity index (χ1) is 8.88. The Labute approximate surface area is 120 Å². The van der Waals surface area contributed by atoms with Crippen LogP contribution < -0.4 is 0 Å². The van der Waals surface area contributed by atoms with E-state index in [4.69, 9.17) is 9.47 Å². The average Bonchev–Trinajstić information content (AvgIpc) is 2.55. The molecule has 0 radical (unpaired) electrons. The third-order valence-electron chi connectivity index (χ3n) is 2.82. The van der Waals surface area contributed by atoms with Crippen molar-refractivity contribution in [3.05, 3.63) is 0 Å². The largest absolute Gasteiger partial charge is 0.458 e. The van der Waals surface area contributed by atoms with Crippen molar-refractivity contribution in [1.29, 1.82) is 0 Å². The second kappa shape index (κ2) is 5.33. The highest BCUT2D eigenvalue weighted by Gasteiger charge is 2.58. The molecule has 0 atom stereocenters. The Bertz CT molecular complexity index is 363. The maximum Gasteiger partial charge on any atom is 0.341 e. The lowest BCUT2D eigenvalue weighted by Gasteiger charge is -2.34. The summed E-state index contributed by atoms with van der Waals surface area (Å²) in [6.45, 7) is 10.5. The van der Waals surface area contributed by atoms with Gasteiger partial charge in [0.1, 0.15) is 11.2 Å². The molecule has 1 aliphatic heterocycles. The van der Waals surface area contributed by atoms with E-state index in [1.54, 1.807) is 41.5 Å². The Morgan fingerprint density at radius 1 is 1.00 bits per heavy atom. The van der Waals surface area contributed by atoms with E-state index in [1.807, 2.05) is 0 Å². The van der Waals surface area contributed by atoms with Gasteiger partial charge in [-0.2, -0.15) is 5.06 Å². The molecular formula is C14H25NO5. The number of hydrogen-bond acceptors (Lipinski definition) is 6. The zero-order chi connectivity index (χ0) is 15.8. The number of hydrogen-bond donors (Lipinski definition) is 1. The molecule has 1 rings (SSSR count). The first kappa shape index (κ1) is 16.9. The molecular weight excluding hydrogens is 262 g/mol. The first-order valence-corrected chi connectivity index (χ1v) is 6.82. The van der Waals surface area contributed by atoms with Gasteiger partial charge in [0.25, 0.3) is 0 Å². The van der Waals surface area contributed by atoms with Crippen molar-refractivity contribution >= 4 is 11.9 Å². The molecule has 0 saturated carbocycles. The summed E-state index contributed by atoms with van der Waals surface area (Å²) in [5.74, 6) is -1.53. The molecule has 1 fully saturated rings.